The molecule has 0 spiro atoms. The van der Waals surface area contributed by atoms with Crippen molar-refractivity contribution in [3.63, 3.8) is 0 Å². The van der Waals surface area contributed by atoms with Gasteiger partial charge in [0.1, 0.15) is 11.2 Å². The van der Waals surface area contributed by atoms with Crippen LogP contribution in [0.15, 0.2) is 27.5 Å². The zero-order valence-corrected chi connectivity index (χ0v) is 11.1. The first-order chi connectivity index (χ1) is 10.5. The van der Waals surface area contributed by atoms with Gasteiger partial charge in [-0.2, -0.15) is 8.78 Å². The highest BCUT2D eigenvalue weighted by Gasteiger charge is 2.16. The molecule has 0 aliphatic heterocycles. The van der Waals surface area contributed by atoms with Gasteiger partial charge in [-0.15, -0.1) is 0 Å². The highest BCUT2D eigenvalue weighted by Crippen LogP contribution is 2.28. The Bertz CT molecular complexity index is 904. The number of ether oxygens (including phenoxy) is 1. The molecular weight excluding hydrogens is 303 g/mol. The molecular formula is C13H8F3N3O3. The Balaban J connectivity index is 2.14. The van der Waals surface area contributed by atoms with Crippen molar-refractivity contribution in [2.45, 2.75) is 13.5 Å². The molecule has 0 atom stereocenters. The van der Waals surface area contributed by atoms with Gasteiger partial charge in [0.2, 0.25) is 5.88 Å². The van der Waals surface area contributed by atoms with Crippen LogP contribution < -0.4 is 10.5 Å². The normalized spacial score (nSPS) is 11.3. The van der Waals surface area contributed by atoms with Crippen LogP contribution >= 0.6 is 0 Å². The van der Waals surface area contributed by atoms with E-state index in [1.54, 1.807) is 0 Å². The maximum Gasteiger partial charge on any atom is 0.417 e. The molecule has 3 aromatic rings. The SMILES string of the molecule is Cc1nc(-c2ccc(F)c3[nH]c(=O)oc23)cnc1OC(F)F. The number of hydrogen-bond acceptors (Lipinski definition) is 5. The van der Waals surface area contributed by atoms with E-state index in [1.165, 1.54) is 19.2 Å². The Morgan fingerprint density at radius 2 is 2.14 bits per heavy atom. The number of aromatic nitrogens is 3. The molecule has 0 aliphatic carbocycles. The summed E-state index contributed by atoms with van der Waals surface area (Å²) < 4.78 is 47.1. The quantitative estimate of drug-likeness (QED) is 0.804. The minimum atomic E-state index is -3.01. The fraction of sp³-hybridized carbons (Fsp3) is 0.154. The van der Waals surface area contributed by atoms with Crippen LogP contribution in [-0.4, -0.2) is 21.6 Å². The first-order valence-corrected chi connectivity index (χ1v) is 6.06. The van der Waals surface area contributed by atoms with Crippen LogP contribution in [0.25, 0.3) is 22.4 Å². The lowest BCUT2D eigenvalue weighted by atomic mass is 10.1. The number of aromatic amines is 1. The van der Waals surface area contributed by atoms with Crippen molar-refractivity contribution >= 4 is 11.1 Å². The third kappa shape index (κ3) is 2.41. The third-order valence-corrected chi connectivity index (χ3v) is 2.91. The van der Waals surface area contributed by atoms with E-state index in [0.717, 1.165) is 6.07 Å². The van der Waals surface area contributed by atoms with E-state index in [4.69, 9.17) is 4.42 Å². The monoisotopic (exact) mass is 311 g/mol. The molecule has 2 aromatic heterocycles. The lowest BCUT2D eigenvalue weighted by molar-refractivity contribution is -0.0536. The Hall–Kier alpha value is -2.84. The smallest absolute Gasteiger partial charge is 0.415 e. The fourth-order valence-electron chi connectivity index (χ4n) is 2.00. The van der Waals surface area contributed by atoms with Crippen molar-refractivity contribution in [2.75, 3.05) is 0 Å². The van der Waals surface area contributed by atoms with Gasteiger partial charge in [0, 0.05) is 5.56 Å². The molecule has 6 nitrogen and oxygen atoms in total. The van der Waals surface area contributed by atoms with E-state index in [2.05, 4.69) is 19.7 Å². The number of benzene rings is 1. The number of nitrogens with zero attached hydrogens (tertiary/aromatic N) is 2. The van der Waals surface area contributed by atoms with E-state index < -0.39 is 18.2 Å². The molecule has 0 aliphatic rings. The van der Waals surface area contributed by atoms with Gasteiger partial charge in [0.05, 0.1) is 11.9 Å². The van der Waals surface area contributed by atoms with Crippen LogP contribution in [-0.2, 0) is 0 Å². The number of H-pyrrole nitrogens is 1. The largest absolute Gasteiger partial charge is 0.417 e. The molecule has 1 aromatic carbocycles. The summed E-state index contributed by atoms with van der Waals surface area (Å²) >= 11 is 0. The Morgan fingerprint density at radius 3 is 2.82 bits per heavy atom. The zero-order valence-electron chi connectivity index (χ0n) is 11.1. The van der Waals surface area contributed by atoms with Crippen molar-refractivity contribution in [3.05, 3.63) is 40.4 Å². The average molecular weight is 311 g/mol. The third-order valence-electron chi connectivity index (χ3n) is 2.91. The van der Waals surface area contributed by atoms with E-state index in [-0.39, 0.29) is 28.4 Å². The number of alkyl halides is 2. The second-order valence-electron chi connectivity index (χ2n) is 4.34. The average Bonchev–Trinajstić information content (AvgIpc) is 2.84. The molecule has 9 heteroatoms. The van der Waals surface area contributed by atoms with Crippen molar-refractivity contribution in [1.29, 1.82) is 0 Å². The molecule has 2 heterocycles. The van der Waals surface area contributed by atoms with Crippen LogP contribution in [0, 0.1) is 12.7 Å². The van der Waals surface area contributed by atoms with Gasteiger partial charge in [-0.1, -0.05) is 0 Å². The molecule has 114 valence electrons. The van der Waals surface area contributed by atoms with Gasteiger partial charge in [0.25, 0.3) is 0 Å². The van der Waals surface area contributed by atoms with Crippen LogP contribution in [0.4, 0.5) is 13.2 Å². The Labute approximate surface area is 120 Å². The van der Waals surface area contributed by atoms with E-state index >= 15 is 0 Å². The molecule has 0 amide bonds. The second-order valence-corrected chi connectivity index (χ2v) is 4.34. The Kier molecular flexibility index (Phi) is 3.32. The molecule has 1 N–H and O–H groups in total. The van der Waals surface area contributed by atoms with Crippen LogP contribution in [0.3, 0.4) is 0 Å². The summed E-state index contributed by atoms with van der Waals surface area (Å²) in [4.78, 5) is 21.3. The summed E-state index contributed by atoms with van der Waals surface area (Å²) in [6.45, 7) is -1.58. The molecule has 0 saturated heterocycles. The minimum Gasteiger partial charge on any atom is -0.415 e. The van der Waals surface area contributed by atoms with Crippen molar-refractivity contribution in [2.24, 2.45) is 0 Å². The summed E-state index contributed by atoms with van der Waals surface area (Å²) in [6.07, 6.45) is 1.17. The predicted octanol–water partition coefficient (Wildman–Crippen LogP) is 2.63. The minimum absolute atomic E-state index is 0.0266. The highest BCUT2D eigenvalue weighted by atomic mass is 19.3. The predicted molar refractivity (Wildman–Crippen MR) is 69.2 cm³/mol. The van der Waals surface area contributed by atoms with E-state index in [1.807, 2.05) is 0 Å². The van der Waals surface area contributed by atoms with Gasteiger partial charge >= 0.3 is 12.4 Å². The molecule has 3 rings (SSSR count). The fourth-order valence-corrected chi connectivity index (χ4v) is 2.00. The second kappa shape index (κ2) is 5.17. The molecule has 0 unspecified atom stereocenters. The number of oxazole rings is 1. The van der Waals surface area contributed by atoms with Gasteiger partial charge in [-0.3, -0.25) is 4.98 Å². The number of nitrogens with one attached hydrogen (secondary N) is 1. The van der Waals surface area contributed by atoms with Gasteiger partial charge in [-0.05, 0) is 19.1 Å². The number of fused-ring (bicyclic) bond motifs is 1. The Morgan fingerprint density at radius 1 is 1.36 bits per heavy atom. The topological polar surface area (TPSA) is 81.0 Å². The molecule has 0 fully saturated rings. The number of halogens is 3. The zero-order chi connectivity index (χ0) is 15.9. The standard InChI is InChI=1S/C13H8F3N3O3/c1-5-11(22-12(15)16)17-4-8(18-5)6-2-3-7(14)9-10(6)21-13(20)19-9/h2-4,12H,1H3,(H,19,20). The molecule has 22 heavy (non-hydrogen) atoms. The number of rotatable bonds is 3. The maximum atomic E-state index is 13.6. The first-order valence-electron chi connectivity index (χ1n) is 6.06. The lowest BCUT2D eigenvalue weighted by Gasteiger charge is -2.08. The first kappa shape index (κ1) is 14.1. The van der Waals surface area contributed by atoms with Crippen molar-refractivity contribution < 1.29 is 22.3 Å². The summed E-state index contributed by atoms with van der Waals surface area (Å²) in [5, 5.41) is 0. The highest BCUT2D eigenvalue weighted by molar-refractivity contribution is 5.89. The van der Waals surface area contributed by atoms with Gasteiger partial charge < -0.3 is 9.15 Å². The van der Waals surface area contributed by atoms with Crippen LogP contribution in [0.5, 0.6) is 5.88 Å². The number of aryl methyl sites for hydroxylation is 1. The van der Waals surface area contributed by atoms with E-state index in [0.29, 0.717) is 5.56 Å². The van der Waals surface area contributed by atoms with Crippen LogP contribution in [0.1, 0.15) is 5.69 Å². The maximum absolute atomic E-state index is 13.6. The molecule has 0 radical (unpaired) electrons. The summed E-state index contributed by atoms with van der Waals surface area (Å²) in [7, 11) is 0. The van der Waals surface area contributed by atoms with Crippen LogP contribution in [0.2, 0.25) is 0 Å². The molecule has 0 bridgehead atoms. The molecule has 0 saturated carbocycles. The van der Waals surface area contributed by atoms with Gasteiger partial charge in [0.15, 0.2) is 11.4 Å². The van der Waals surface area contributed by atoms with Crippen molar-refractivity contribution in [3.8, 4) is 17.1 Å². The summed E-state index contributed by atoms with van der Waals surface area (Å²) in [6, 6.07) is 2.48. The summed E-state index contributed by atoms with van der Waals surface area (Å²) in [5.41, 5.74) is 0.519. The van der Waals surface area contributed by atoms with Crippen molar-refractivity contribution in [1.82, 2.24) is 15.0 Å². The van der Waals surface area contributed by atoms with Gasteiger partial charge in [-0.25, -0.2) is 19.2 Å². The summed E-state index contributed by atoms with van der Waals surface area (Å²) in [5.74, 6) is -1.79. The van der Waals surface area contributed by atoms with E-state index in [9.17, 15) is 18.0 Å². The number of hydrogen-bond donors (Lipinski definition) is 1. The lowest BCUT2D eigenvalue weighted by Crippen LogP contribution is -2.06.